The largest absolute Gasteiger partial charge is 0.310 e. The van der Waals surface area contributed by atoms with Crippen LogP contribution in [0.15, 0.2) is 29.0 Å². The zero-order valence-corrected chi connectivity index (χ0v) is 13.9. The third-order valence-electron chi connectivity index (χ3n) is 3.17. The fraction of sp³-hybridized carbons (Fsp3) is 0.429. The van der Waals surface area contributed by atoms with Gasteiger partial charge in [-0.05, 0) is 37.2 Å². The summed E-state index contributed by atoms with van der Waals surface area (Å²) in [5.41, 5.74) is 1.14. The van der Waals surface area contributed by atoms with Crippen LogP contribution in [0.2, 0.25) is 5.02 Å². The Balaban J connectivity index is 2.29. The first-order valence-corrected chi connectivity index (χ1v) is 7.87. The van der Waals surface area contributed by atoms with Crippen LogP contribution in [0.25, 0.3) is 0 Å². The van der Waals surface area contributed by atoms with E-state index in [1.807, 2.05) is 22.9 Å². The summed E-state index contributed by atoms with van der Waals surface area (Å²) < 4.78 is 2.97. The van der Waals surface area contributed by atoms with Crippen molar-refractivity contribution in [2.45, 2.75) is 32.9 Å². The number of hydrogen-bond acceptors (Lipinski definition) is 3. The zero-order chi connectivity index (χ0) is 14.5. The van der Waals surface area contributed by atoms with Crippen LogP contribution in [0.3, 0.4) is 0 Å². The van der Waals surface area contributed by atoms with Gasteiger partial charge in [-0.25, -0.2) is 4.98 Å². The van der Waals surface area contributed by atoms with Crippen molar-refractivity contribution in [3.63, 3.8) is 0 Å². The van der Waals surface area contributed by atoms with E-state index in [0.29, 0.717) is 0 Å². The molecule has 108 valence electrons. The van der Waals surface area contributed by atoms with Gasteiger partial charge in [-0.1, -0.05) is 34.5 Å². The summed E-state index contributed by atoms with van der Waals surface area (Å²) in [7, 11) is 0. The predicted octanol–water partition coefficient (Wildman–Crippen LogP) is 3.61. The van der Waals surface area contributed by atoms with Gasteiger partial charge in [-0.2, -0.15) is 5.10 Å². The van der Waals surface area contributed by atoms with Crippen molar-refractivity contribution in [1.29, 1.82) is 0 Å². The summed E-state index contributed by atoms with van der Waals surface area (Å²) in [6, 6.07) is 6.01. The lowest BCUT2D eigenvalue weighted by Crippen LogP contribution is -2.25. The maximum Gasteiger partial charge on any atom is 0.138 e. The van der Waals surface area contributed by atoms with Gasteiger partial charge in [0.25, 0.3) is 0 Å². The number of halogens is 2. The van der Waals surface area contributed by atoms with Crippen molar-refractivity contribution in [2.24, 2.45) is 0 Å². The third-order valence-corrected chi connectivity index (χ3v) is 4.12. The molecule has 2 rings (SSSR count). The van der Waals surface area contributed by atoms with E-state index < -0.39 is 0 Å². The molecule has 0 saturated heterocycles. The maximum atomic E-state index is 6.12. The van der Waals surface area contributed by atoms with Gasteiger partial charge >= 0.3 is 0 Å². The molecule has 6 heteroatoms. The minimum Gasteiger partial charge on any atom is -0.310 e. The minimum atomic E-state index is 0.155. The van der Waals surface area contributed by atoms with E-state index in [0.717, 1.165) is 40.4 Å². The van der Waals surface area contributed by atoms with E-state index in [9.17, 15) is 0 Å². The molecular formula is C14H18BrClN4. The van der Waals surface area contributed by atoms with Gasteiger partial charge in [-0.15, -0.1) is 0 Å². The summed E-state index contributed by atoms with van der Waals surface area (Å²) >= 11 is 9.72. The number of rotatable bonds is 6. The summed E-state index contributed by atoms with van der Waals surface area (Å²) in [6.45, 7) is 5.86. The molecule has 0 amide bonds. The molecule has 0 spiro atoms. The fourth-order valence-electron chi connectivity index (χ4n) is 2.21. The first-order chi connectivity index (χ1) is 9.65. The average molecular weight is 358 g/mol. The predicted molar refractivity (Wildman–Crippen MR) is 85.0 cm³/mol. The molecule has 0 bridgehead atoms. The third kappa shape index (κ3) is 3.59. The summed E-state index contributed by atoms with van der Waals surface area (Å²) in [4.78, 5) is 4.35. The Bertz CT molecular complexity index is 570. The second-order valence-electron chi connectivity index (χ2n) is 4.47. The van der Waals surface area contributed by atoms with Crippen molar-refractivity contribution in [3.05, 3.63) is 45.4 Å². The molecule has 1 atom stereocenters. The lowest BCUT2D eigenvalue weighted by Gasteiger charge is -2.20. The molecule has 0 saturated carbocycles. The lowest BCUT2D eigenvalue weighted by molar-refractivity contribution is 0.508. The monoisotopic (exact) mass is 356 g/mol. The van der Waals surface area contributed by atoms with Crippen LogP contribution in [-0.4, -0.2) is 21.3 Å². The smallest absolute Gasteiger partial charge is 0.138 e. The molecule has 1 aromatic carbocycles. The Labute approximate surface area is 132 Å². The number of nitrogens with one attached hydrogen (secondary N) is 1. The molecule has 0 radical (unpaired) electrons. The molecular weight excluding hydrogens is 340 g/mol. The topological polar surface area (TPSA) is 42.7 Å². The number of hydrogen-bond donors (Lipinski definition) is 1. The minimum absolute atomic E-state index is 0.155. The zero-order valence-electron chi connectivity index (χ0n) is 11.6. The van der Waals surface area contributed by atoms with Crippen molar-refractivity contribution in [1.82, 2.24) is 20.1 Å². The van der Waals surface area contributed by atoms with E-state index in [1.165, 1.54) is 0 Å². The molecule has 4 nitrogen and oxygen atoms in total. The number of likely N-dealkylation sites (N-methyl/N-ethyl adjacent to an activating group) is 1. The molecule has 1 unspecified atom stereocenters. The molecule has 0 fully saturated rings. The number of benzene rings is 1. The van der Waals surface area contributed by atoms with Gasteiger partial charge in [0.15, 0.2) is 0 Å². The van der Waals surface area contributed by atoms with Crippen LogP contribution in [0.1, 0.15) is 31.3 Å². The standard InChI is InChI=1S/C14H18BrClN4/c1-3-17-13(8-14-18-9-19-20(14)4-2)11-7-10(16)5-6-12(11)15/h5-7,9,13,17H,3-4,8H2,1-2H3. The quantitative estimate of drug-likeness (QED) is 0.859. The van der Waals surface area contributed by atoms with Crippen LogP contribution in [0.4, 0.5) is 0 Å². The highest BCUT2D eigenvalue weighted by atomic mass is 79.9. The van der Waals surface area contributed by atoms with Crippen LogP contribution < -0.4 is 5.32 Å². The average Bonchev–Trinajstić information content (AvgIpc) is 2.88. The van der Waals surface area contributed by atoms with Gasteiger partial charge in [0.1, 0.15) is 12.2 Å². The summed E-state index contributed by atoms with van der Waals surface area (Å²) in [6.07, 6.45) is 2.38. The van der Waals surface area contributed by atoms with Crippen molar-refractivity contribution in [2.75, 3.05) is 6.54 Å². The van der Waals surface area contributed by atoms with Crippen LogP contribution in [0.5, 0.6) is 0 Å². The molecule has 0 aliphatic carbocycles. The first-order valence-electron chi connectivity index (χ1n) is 6.70. The van der Waals surface area contributed by atoms with Gasteiger partial charge in [-0.3, -0.25) is 4.68 Å². The van der Waals surface area contributed by atoms with Crippen molar-refractivity contribution >= 4 is 27.5 Å². The SMILES string of the molecule is CCNC(Cc1ncnn1CC)c1cc(Cl)ccc1Br. The number of aryl methyl sites for hydroxylation is 1. The number of nitrogens with zero attached hydrogens (tertiary/aromatic N) is 3. The first kappa shape index (κ1) is 15.5. The Morgan fingerprint density at radius 1 is 1.40 bits per heavy atom. The highest BCUT2D eigenvalue weighted by Crippen LogP contribution is 2.28. The van der Waals surface area contributed by atoms with Crippen LogP contribution >= 0.6 is 27.5 Å². The van der Waals surface area contributed by atoms with Gasteiger partial charge in [0.05, 0.1) is 0 Å². The molecule has 20 heavy (non-hydrogen) atoms. The van der Waals surface area contributed by atoms with Gasteiger partial charge in [0.2, 0.25) is 0 Å². The second kappa shape index (κ2) is 7.20. The Kier molecular flexibility index (Phi) is 5.57. The van der Waals surface area contributed by atoms with Gasteiger partial charge < -0.3 is 5.32 Å². The highest BCUT2D eigenvalue weighted by molar-refractivity contribution is 9.10. The fourth-order valence-corrected chi connectivity index (χ4v) is 2.92. The highest BCUT2D eigenvalue weighted by Gasteiger charge is 2.17. The summed E-state index contributed by atoms with van der Waals surface area (Å²) in [5.74, 6) is 0.977. The Morgan fingerprint density at radius 2 is 2.20 bits per heavy atom. The summed E-state index contributed by atoms with van der Waals surface area (Å²) in [5, 5.41) is 8.45. The second-order valence-corrected chi connectivity index (χ2v) is 5.76. The van der Waals surface area contributed by atoms with E-state index in [4.69, 9.17) is 11.6 Å². The van der Waals surface area contributed by atoms with Crippen LogP contribution in [-0.2, 0) is 13.0 Å². The maximum absolute atomic E-state index is 6.12. The Morgan fingerprint density at radius 3 is 2.90 bits per heavy atom. The Hall–Kier alpha value is -0.910. The molecule has 1 N–H and O–H groups in total. The van der Waals surface area contributed by atoms with Gasteiger partial charge in [0, 0.05) is 28.5 Å². The molecule has 0 aliphatic heterocycles. The molecule has 2 aromatic rings. The van der Waals surface area contributed by atoms with Crippen molar-refractivity contribution < 1.29 is 0 Å². The number of aromatic nitrogens is 3. The van der Waals surface area contributed by atoms with E-state index >= 15 is 0 Å². The molecule has 1 heterocycles. The molecule has 0 aliphatic rings. The molecule has 1 aromatic heterocycles. The normalized spacial score (nSPS) is 12.6. The van der Waals surface area contributed by atoms with E-state index in [-0.39, 0.29) is 6.04 Å². The lowest BCUT2D eigenvalue weighted by atomic mass is 10.0. The van der Waals surface area contributed by atoms with E-state index in [1.54, 1.807) is 6.33 Å². The van der Waals surface area contributed by atoms with E-state index in [2.05, 4.69) is 45.2 Å². The van der Waals surface area contributed by atoms with Crippen molar-refractivity contribution in [3.8, 4) is 0 Å². The van der Waals surface area contributed by atoms with Crippen LogP contribution in [0, 0.1) is 0 Å².